The van der Waals surface area contributed by atoms with E-state index in [9.17, 15) is 0 Å². The largest absolute Gasteiger partial charge is 0.309 e. The minimum absolute atomic E-state index is 1.05. The van der Waals surface area contributed by atoms with Crippen molar-refractivity contribution in [2.24, 2.45) is 0 Å². The molecule has 0 unspecified atom stereocenters. The normalized spacial score (nSPS) is 11.9. The third-order valence-corrected chi connectivity index (χ3v) is 9.85. The Hall–Kier alpha value is -6.64. The zero-order valence-electron chi connectivity index (χ0n) is 27.6. The van der Waals surface area contributed by atoms with Gasteiger partial charge in [0.05, 0.1) is 22.1 Å². The van der Waals surface area contributed by atoms with Gasteiger partial charge < -0.3 is 9.13 Å². The average Bonchev–Trinajstić information content (AvgIpc) is 3.69. The number of benzene rings is 7. The van der Waals surface area contributed by atoms with E-state index >= 15 is 0 Å². The molecule has 236 valence electrons. The lowest BCUT2D eigenvalue weighted by Gasteiger charge is -2.09. The summed E-state index contributed by atoms with van der Waals surface area (Å²) in [5.74, 6) is 0. The van der Waals surface area contributed by atoms with E-state index in [4.69, 9.17) is 0 Å². The maximum Gasteiger partial charge on any atom is 0.0541 e. The van der Waals surface area contributed by atoms with Crippen LogP contribution in [0.15, 0.2) is 195 Å². The highest BCUT2D eigenvalue weighted by Crippen LogP contribution is 2.40. The number of aromatic nitrogens is 2. The Labute approximate surface area is 291 Å². The van der Waals surface area contributed by atoms with Crippen LogP contribution < -0.4 is 0 Å². The van der Waals surface area contributed by atoms with Gasteiger partial charge in [0, 0.05) is 32.9 Å². The SMILES string of the molecule is C=C/C=C(\C=C)c1ccc2c(c1)c1cc(-c3ccc4c(c3)c3cc(-c5ccccc5)ccc3n4-c3ccccc3)ccc1n2-c1ccccc1. The second kappa shape index (κ2) is 12.1. The maximum atomic E-state index is 4.07. The lowest BCUT2D eigenvalue weighted by atomic mass is 9.98. The fourth-order valence-electron chi connectivity index (χ4n) is 7.51. The van der Waals surface area contributed by atoms with Crippen molar-refractivity contribution in [1.29, 1.82) is 0 Å². The van der Waals surface area contributed by atoms with Crippen LogP contribution in [0.4, 0.5) is 0 Å². The van der Waals surface area contributed by atoms with Crippen LogP contribution in [0.1, 0.15) is 5.56 Å². The lowest BCUT2D eigenvalue weighted by Crippen LogP contribution is -1.93. The molecule has 9 aromatic rings. The van der Waals surface area contributed by atoms with Gasteiger partial charge in [0.2, 0.25) is 0 Å². The number of hydrogen-bond donors (Lipinski definition) is 0. The molecule has 0 fully saturated rings. The molecule has 2 heteroatoms. The van der Waals surface area contributed by atoms with Crippen molar-refractivity contribution in [3.63, 3.8) is 0 Å². The Morgan fingerprint density at radius 1 is 0.400 bits per heavy atom. The Bertz CT molecular complexity index is 2760. The first-order valence-corrected chi connectivity index (χ1v) is 17.0. The van der Waals surface area contributed by atoms with Gasteiger partial charge in [-0.05, 0) is 106 Å². The lowest BCUT2D eigenvalue weighted by molar-refractivity contribution is 1.18. The molecule has 0 aliphatic rings. The molecule has 50 heavy (non-hydrogen) atoms. The van der Waals surface area contributed by atoms with Crippen LogP contribution in [-0.2, 0) is 0 Å². The molecule has 0 aliphatic heterocycles. The molecule has 0 amide bonds. The molecule has 0 atom stereocenters. The highest BCUT2D eigenvalue weighted by molar-refractivity contribution is 6.13. The summed E-state index contributed by atoms with van der Waals surface area (Å²) in [6.45, 7) is 8.00. The maximum absolute atomic E-state index is 4.07. The van der Waals surface area contributed by atoms with E-state index < -0.39 is 0 Å². The number of allylic oxidation sites excluding steroid dienone is 4. The Morgan fingerprint density at radius 2 is 0.800 bits per heavy atom. The van der Waals surface area contributed by atoms with Crippen molar-refractivity contribution in [3.05, 3.63) is 201 Å². The van der Waals surface area contributed by atoms with E-state index in [1.807, 2.05) is 18.2 Å². The second-order valence-corrected chi connectivity index (χ2v) is 12.7. The molecule has 0 saturated heterocycles. The zero-order chi connectivity index (χ0) is 33.6. The van der Waals surface area contributed by atoms with Crippen LogP contribution in [0.2, 0.25) is 0 Å². The van der Waals surface area contributed by atoms with Crippen LogP contribution in [0, 0.1) is 0 Å². The molecule has 0 N–H and O–H groups in total. The molecule has 0 aliphatic carbocycles. The zero-order valence-corrected chi connectivity index (χ0v) is 27.6. The Kier molecular flexibility index (Phi) is 7.14. The van der Waals surface area contributed by atoms with Crippen LogP contribution in [0.5, 0.6) is 0 Å². The van der Waals surface area contributed by atoms with Gasteiger partial charge in [0.1, 0.15) is 0 Å². The number of fused-ring (bicyclic) bond motifs is 6. The summed E-state index contributed by atoms with van der Waals surface area (Å²) in [5.41, 5.74) is 14.0. The van der Waals surface area contributed by atoms with Crippen molar-refractivity contribution >= 4 is 49.2 Å². The summed E-state index contributed by atoms with van der Waals surface area (Å²) in [4.78, 5) is 0. The molecule has 2 heterocycles. The van der Waals surface area contributed by atoms with Gasteiger partial charge >= 0.3 is 0 Å². The van der Waals surface area contributed by atoms with E-state index in [-0.39, 0.29) is 0 Å². The van der Waals surface area contributed by atoms with E-state index in [2.05, 4.69) is 186 Å². The van der Waals surface area contributed by atoms with Crippen molar-refractivity contribution < 1.29 is 0 Å². The summed E-state index contributed by atoms with van der Waals surface area (Å²) >= 11 is 0. The molecule has 0 spiro atoms. The fraction of sp³-hybridized carbons (Fsp3) is 0. The van der Waals surface area contributed by atoms with Crippen molar-refractivity contribution in [3.8, 4) is 33.6 Å². The number of para-hydroxylation sites is 2. The second-order valence-electron chi connectivity index (χ2n) is 12.7. The topological polar surface area (TPSA) is 9.86 Å². The van der Waals surface area contributed by atoms with Gasteiger partial charge in [-0.25, -0.2) is 0 Å². The Morgan fingerprint density at radius 3 is 1.24 bits per heavy atom. The number of hydrogen-bond acceptors (Lipinski definition) is 0. The van der Waals surface area contributed by atoms with E-state index in [0.717, 1.165) is 22.5 Å². The monoisotopic (exact) mass is 638 g/mol. The average molecular weight is 639 g/mol. The standard InChI is InChI=1S/C48H34N2/c1-3-14-33(4-2)35-21-25-45-41(29-35)43-31-37(23-27-47(43)49(45)39-17-10-6-11-18-39)38-24-28-48-44(32-38)42-30-36(34-15-8-5-9-16-34)22-26-46(42)50(48)40-19-12-7-13-20-40/h3-32H,1-2H2/b33-14+. The van der Waals surface area contributed by atoms with E-state index in [0.29, 0.717) is 0 Å². The number of nitrogens with zero attached hydrogens (tertiary/aromatic N) is 2. The molecule has 0 radical (unpaired) electrons. The smallest absolute Gasteiger partial charge is 0.0541 e. The quantitative estimate of drug-likeness (QED) is 0.154. The summed E-state index contributed by atoms with van der Waals surface area (Å²) in [6, 6.07) is 59.3. The third kappa shape index (κ3) is 4.81. The van der Waals surface area contributed by atoms with Gasteiger partial charge in [-0.2, -0.15) is 0 Å². The molecule has 9 rings (SSSR count). The van der Waals surface area contributed by atoms with Crippen LogP contribution in [0.25, 0.3) is 82.8 Å². The molecular weight excluding hydrogens is 605 g/mol. The summed E-state index contributed by atoms with van der Waals surface area (Å²) < 4.78 is 4.75. The summed E-state index contributed by atoms with van der Waals surface area (Å²) in [7, 11) is 0. The van der Waals surface area contributed by atoms with Gasteiger partial charge in [-0.15, -0.1) is 0 Å². The Balaban J connectivity index is 1.28. The van der Waals surface area contributed by atoms with Crippen LogP contribution >= 0.6 is 0 Å². The summed E-state index contributed by atoms with van der Waals surface area (Å²) in [6.07, 6.45) is 5.73. The van der Waals surface area contributed by atoms with Crippen LogP contribution in [0.3, 0.4) is 0 Å². The number of rotatable bonds is 7. The molecule has 0 bridgehead atoms. The van der Waals surface area contributed by atoms with Crippen molar-refractivity contribution in [2.45, 2.75) is 0 Å². The van der Waals surface area contributed by atoms with Crippen LogP contribution in [-0.4, -0.2) is 9.13 Å². The van der Waals surface area contributed by atoms with Crippen molar-refractivity contribution in [2.75, 3.05) is 0 Å². The van der Waals surface area contributed by atoms with Gasteiger partial charge in [0.25, 0.3) is 0 Å². The van der Waals surface area contributed by atoms with Gasteiger partial charge in [-0.1, -0.05) is 122 Å². The first kappa shape index (κ1) is 29.5. The molecule has 0 saturated carbocycles. The van der Waals surface area contributed by atoms with E-state index in [1.54, 1.807) is 0 Å². The summed E-state index contributed by atoms with van der Waals surface area (Å²) in [5, 5.41) is 4.89. The molecule has 2 aromatic heterocycles. The van der Waals surface area contributed by atoms with Gasteiger partial charge in [-0.3, -0.25) is 0 Å². The van der Waals surface area contributed by atoms with E-state index in [1.165, 1.54) is 65.9 Å². The fourth-order valence-corrected chi connectivity index (χ4v) is 7.51. The molecule has 2 nitrogen and oxygen atoms in total. The minimum Gasteiger partial charge on any atom is -0.309 e. The van der Waals surface area contributed by atoms with Crippen molar-refractivity contribution in [1.82, 2.24) is 9.13 Å². The first-order valence-electron chi connectivity index (χ1n) is 17.0. The predicted octanol–water partition coefficient (Wildman–Crippen LogP) is 13.0. The highest BCUT2D eigenvalue weighted by atomic mass is 15.0. The molecular formula is C48H34N2. The highest BCUT2D eigenvalue weighted by Gasteiger charge is 2.17. The molecule has 7 aromatic carbocycles. The minimum atomic E-state index is 1.05. The first-order chi connectivity index (χ1) is 24.7. The third-order valence-electron chi connectivity index (χ3n) is 9.85. The van der Waals surface area contributed by atoms with Gasteiger partial charge in [0.15, 0.2) is 0 Å². The predicted molar refractivity (Wildman–Crippen MR) is 214 cm³/mol.